The quantitative estimate of drug-likeness (QED) is 0.859. The third-order valence-electron chi connectivity index (χ3n) is 2.46. The molecule has 7 heteroatoms. The zero-order valence-electron chi connectivity index (χ0n) is 10.6. The molecule has 0 spiro atoms. The maximum Gasteiger partial charge on any atom is 0.354 e. The topological polar surface area (TPSA) is 89.6 Å². The first-order chi connectivity index (χ1) is 8.32. The summed E-state index contributed by atoms with van der Waals surface area (Å²) in [6.07, 6.45) is 0. The number of aromatic carboxylic acids is 1. The van der Waals surface area contributed by atoms with Gasteiger partial charge in [0.25, 0.3) is 5.78 Å². The van der Waals surface area contributed by atoms with Gasteiger partial charge in [-0.15, -0.1) is 5.10 Å². The van der Waals surface area contributed by atoms with Gasteiger partial charge in [0.1, 0.15) is 0 Å². The summed E-state index contributed by atoms with van der Waals surface area (Å²) in [6.45, 7) is 5.85. The number of ether oxygens (including phenoxy) is 1. The first-order valence-corrected chi connectivity index (χ1v) is 5.38. The van der Waals surface area contributed by atoms with Crippen molar-refractivity contribution < 1.29 is 14.6 Å². The number of hydrogen-bond donors (Lipinski definition) is 1. The molecule has 0 unspecified atom stereocenters. The number of hydrogen-bond acceptors (Lipinski definition) is 5. The van der Waals surface area contributed by atoms with Crippen molar-refractivity contribution in [2.24, 2.45) is 0 Å². The molecule has 0 aliphatic heterocycles. The highest BCUT2D eigenvalue weighted by molar-refractivity contribution is 5.86. The van der Waals surface area contributed by atoms with E-state index in [1.165, 1.54) is 13.2 Å². The van der Waals surface area contributed by atoms with Crippen LogP contribution in [0.4, 0.5) is 0 Å². The maximum atomic E-state index is 11.2. The lowest BCUT2D eigenvalue weighted by atomic mass is 9.91. The van der Waals surface area contributed by atoms with Gasteiger partial charge in [-0.05, 0) is 6.07 Å². The minimum atomic E-state index is -1.08. The van der Waals surface area contributed by atoms with Crippen LogP contribution in [0, 0.1) is 0 Å². The molecule has 2 aromatic rings. The number of methoxy groups -OCH3 is 1. The van der Waals surface area contributed by atoms with E-state index in [-0.39, 0.29) is 22.9 Å². The number of nitrogens with zero attached hydrogens (tertiary/aromatic N) is 4. The molecule has 0 saturated heterocycles. The predicted octanol–water partition coefficient (Wildman–Crippen LogP) is 1.13. The molecular weight excluding hydrogens is 236 g/mol. The monoisotopic (exact) mass is 250 g/mol. The molecule has 2 heterocycles. The van der Waals surface area contributed by atoms with Gasteiger partial charge in [0.05, 0.1) is 12.8 Å². The number of fused-ring (bicyclic) bond motifs is 1. The van der Waals surface area contributed by atoms with Crippen LogP contribution < -0.4 is 4.74 Å². The molecule has 7 nitrogen and oxygen atoms in total. The number of carboxylic acids is 1. The zero-order valence-corrected chi connectivity index (χ0v) is 10.6. The van der Waals surface area contributed by atoms with Gasteiger partial charge in [-0.2, -0.15) is 9.50 Å². The smallest absolute Gasteiger partial charge is 0.354 e. The van der Waals surface area contributed by atoms with Crippen LogP contribution in [0.1, 0.15) is 37.0 Å². The minimum absolute atomic E-state index is 0.0146. The summed E-state index contributed by atoms with van der Waals surface area (Å²) in [5, 5.41) is 13.1. The second-order valence-corrected chi connectivity index (χ2v) is 4.89. The molecule has 0 radical (unpaired) electrons. The van der Waals surface area contributed by atoms with Crippen molar-refractivity contribution in [3.63, 3.8) is 0 Å². The molecule has 0 atom stereocenters. The van der Waals surface area contributed by atoms with Crippen LogP contribution >= 0.6 is 0 Å². The van der Waals surface area contributed by atoms with Crippen LogP contribution in [0.2, 0.25) is 0 Å². The van der Waals surface area contributed by atoms with E-state index < -0.39 is 5.97 Å². The summed E-state index contributed by atoms with van der Waals surface area (Å²) in [7, 11) is 1.42. The lowest BCUT2D eigenvalue weighted by Crippen LogP contribution is -2.18. The van der Waals surface area contributed by atoms with Crippen LogP contribution in [0.15, 0.2) is 6.07 Å². The highest BCUT2D eigenvalue weighted by atomic mass is 16.5. The van der Waals surface area contributed by atoms with Crippen molar-refractivity contribution in [3.8, 4) is 6.01 Å². The fourth-order valence-electron chi connectivity index (χ4n) is 1.47. The summed E-state index contributed by atoms with van der Waals surface area (Å²) in [5.74, 6) is -0.864. The molecule has 0 amide bonds. The fourth-order valence-corrected chi connectivity index (χ4v) is 1.47. The molecule has 0 aliphatic rings. The van der Waals surface area contributed by atoms with Crippen LogP contribution in [-0.4, -0.2) is 37.8 Å². The van der Waals surface area contributed by atoms with Crippen LogP contribution in [0.5, 0.6) is 6.01 Å². The Morgan fingerprint density at radius 1 is 1.39 bits per heavy atom. The summed E-state index contributed by atoms with van der Waals surface area (Å²) in [5.41, 5.74) is 0.383. The van der Waals surface area contributed by atoms with Gasteiger partial charge in [0.2, 0.25) is 0 Å². The maximum absolute atomic E-state index is 11.2. The molecule has 18 heavy (non-hydrogen) atoms. The molecule has 0 aliphatic carbocycles. The first-order valence-electron chi connectivity index (χ1n) is 5.38. The normalized spacial score (nSPS) is 11.8. The van der Waals surface area contributed by atoms with Gasteiger partial charge in [-0.3, -0.25) is 0 Å². The van der Waals surface area contributed by atoms with E-state index in [0.717, 1.165) is 4.52 Å². The van der Waals surface area contributed by atoms with E-state index in [2.05, 4.69) is 15.1 Å². The second kappa shape index (κ2) is 3.94. The molecular formula is C11H14N4O3. The molecule has 0 fully saturated rings. The van der Waals surface area contributed by atoms with E-state index >= 15 is 0 Å². The van der Waals surface area contributed by atoms with Gasteiger partial charge in [0.15, 0.2) is 5.69 Å². The molecule has 1 N–H and O–H groups in total. The van der Waals surface area contributed by atoms with Crippen molar-refractivity contribution in [1.82, 2.24) is 19.6 Å². The standard InChI is InChI=1S/C11H14N4O3/c1-11(2,3)7-5-6(8(16)17)15-9(12-7)13-10(14-15)18-4/h5H,1-4H3,(H,16,17). The third kappa shape index (κ3) is 1.99. The van der Waals surface area contributed by atoms with Crippen LogP contribution in [-0.2, 0) is 5.41 Å². The lowest BCUT2D eigenvalue weighted by molar-refractivity contribution is 0.0687. The van der Waals surface area contributed by atoms with Crippen LogP contribution in [0.3, 0.4) is 0 Å². The Hall–Kier alpha value is -2.18. The molecule has 2 aromatic heterocycles. The Bertz CT molecular complexity index is 613. The van der Waals surface area contributed by atoms with Gasteiger partial charge in [-0.1, -0.05) is 20.8 Å². The Labute approximate surface area is 103 Å². The molecule has 0 saturated carbocycles. The molecule has 0 bridgehead atoms. The van der Waals surface area contributed by atoms with Gasteiger partial charge < -0.3 is 9.84 Å². The van der Waals surface area contributed by atoms with E-state index in [0.29, 0.717) is 5.69 Å². The third-order valence-corrected chi connectivity index (χ3v) is 2.46. The summed E-state index contributed by atoms with van der Waals surface area (Å²) < 4.78 is 6.05. The number of rotatable bonds is 2. The van der Waals surface area contributed by atoms with Gasteiger partial charge >= 0.3 is 12.0 Å². The highest BCUT2D eigenvalue weighted by Gasteiger charge is 2.22. The molecule has 96 valence electrons. The fraction of sp³-hybridized carbons (Fsp3) is 0.455. The van der Waals surface area contributed by atoms with Crippen LogP contribution in [0.25, 0.3) is 5.78 Å². The van der Waals surface area contributed by atoms with E-state index in [4.69, 9.17) is 4.74 Å². The van der Waals surface area contributed by atoms with Crippen molar-refractivity contribution >= 4 is 11.7 Å². The van der Waals surface area contributed by atoms with E-state index in [1.807, 2.05) is 20.8 Å². The number of carbonyl (C=O) groups is 1. The average Bonchev–Trinajstić information content (AvgIpc) is 2.68. The van der Waals surface area contributed by atoms with Crippen molar-refractivity contribution in [2.75, 3.05) is 7.11 Å². The molecule has 0 aromatic carbocycles. The summed E-state index contributed by atoms with van der Waals surface area (Å²) >= 11 is 0. The van der Waals surface area contributed by atoms with Crippen molar-refractivity contribution in [2.45, 2.75) is 26.2 Å². The Morgan fingerprint density at radius 3 is 2.56 bits per heavy atom. The minimum Gasteiger partial charge on any atom is -0.477 e. The van der Waals surface area contributed by atoms with Crippen molar-refractivity contribution in [3.05, 3.63) is 17.5 Å². The largest absolute Gasteiger partial charge is 0.477 e. The first kappa shape index (κ1) is 12.3. The number of carboxylic acid groups (broad SMARTS) is 1. The second-order valence-electron chi connectivity index (χ2n) is 4.89. The Balaban J connectivity index is 2.76. The average molecular weight is 250 g/mol. The predicted molar refractivity (Wildman–Crippen MR) is 63.0 cm³/mol. The zero-order chi connectivity index (χ0) is 13.5. The SMILES string of the molecule is COc1nc2nc(C(C)(C)C)cc(C(=O)O)n2n1. The lowest BCUT2D eigenvalue weighted by Gasteiger charge is -2.17. The van der Waals surface area contributed by atoms with Crippen molar-refractivity contribution in [1.29, 1.82) is 0 Å². The van der Waals surface area contributed by atoms with E-state index in [1.54, 1.807) is 0 Å². The van der Waals surface area contributed by atoms with Gasteiger partial charge in [-0.25, -0.2) is 9.78 Å². The van der Waals surface area contributed by atoms with E-state index in [9.17, 15) is 9.90 Å². The van der Waals surface area contributed by atoms with Gasteiger partial charge in [0, 0.05) is 5.41 Å². The summed E-state index contributed by atoms with van der Waals surface area (Å²) in [6, 6.07) is 1.60. The Morgan fingerprint density at radius 2 is 2.06 bits per heavy atom. The molecule has 2 rings (SSSR count). The summed E-state index contributed by atoms with van der Waals surface area (Å²) in [4.78, 5) is 19.5. The number of aromatic nitrogens is 4. The highest BCUT2D eigenvalue weighted by Crippen LogP contribution is 2.22. The Kier molecular flexibility index (Phi) is 2.68.